The fourth-order valence-electron chi connectivity index (χ4n) is 3.59. The molecule has 4 rings (SSSR count). The molecule has 0 aliphatic heterocycles. The molecule has 1 heteroatoms. The Balaban J connectivity index is 1.61. The van der Waals surface area contributed by atoms with Gasteiger partial charge >= 0.3 is 0 Å². The molecule has 0 bridgehead atoms. The first-order valence-electron chi connectivity index (χ1n) is 7.19. The molecule has 2 aromatic rings. The molecule has 2 aromatic carbocycles. The van der Waals surface area contributed by atoms with Crippen LogP contribution in [0.1, 0.15) is 30.4 Å². The molecule has 1 saturated carbocycles. The van der Waals surface area contributed by atoms with E-state index in [1.54, 1.807) is 11.1 Å². The number of rotatable bonds is 2. The normalized spacial score (nSPS) is 28.1. The summed E-state index contributed by atoms with van der Waals surface area (Å²) in [6.07, 6.45) is 5.39. The predicted molar refractivity (Wildman–Crippen MR) is 81.8 cm³/mol. The summed E-state index contributed by atoms with van der Waals surface area (Å²) in [5.74, 6) is 0. The lowest BCUT2D eigenvalue weighted by atomic mass is 9.80. The fourth-order valence-corrected chi connectivity index (χ4v) is 5.08. The highest BCUT2D eigenvalue weighted by molar-refractivity contribution is 8.00. The van der Waals surface area contributed by atoms with Crippen LogP contribution in [0.15, 0.2) is 59.5 Å². The average Bonchev–Trinajstić information content (AvgIpc) is 3.14. The molecule has 0 unspecified atom stereocenters. The Bertz CT molecular complexity index is 590. The van der Waals surface area contributed by atoms with Gasteiger partial charge < -0.3 is 0 Å². The van der Waals surface area contributed by atoms with Gasteiger partial charge in [-0.05, 0) is 48.9 Å². The van der Waals surface area contributed by atoms with E-state index >= 15 is 0 Å². The van der Waals surface area contributed by atoms with Crippen molar-refractivity contribution in [2.45, 2.75) is 41.2 Å². The zero-order valence-corrected chi connectivity index (χ0v) is 11.8. The number of aryl methyl sites for hydroxylation is 1. The number of hydrogen-bond acceptors (Lipinski definition) is 1. The van der Waals surface area contributed by atoms with Crippen molar-refractivity contribution >= 4 is 11.8 Å². The van der Waals surface area contributed by atoms with Crippen molar-refractivity contribution < 1.29 is 0 Å². The van der Waals surface area contributed by atoms with Crippen LogP contribution in [0.5, 0.6) is 0 Å². The number of benzene rings is 2. The Morgan fingerprint density at radius 2 is 1.74 bits per heavy atom. The van der Waals surface area contributed by atoms with Crippen molar-refractivity contribution in [2.24, 2.45) is 0 Å². The van der Waals surface area contributed by atoms with Crippen molar-refractivity contribution in [2.75, 3.05) is 0 Å². The van der Waals surface area contributed by atoms with Crippen molar-refractivity contribution in [1.29, 1.82) is 0 Å². The quantitative estimate of drug-likeness (QED) is 0.750. The van der Waals surface area contributed by atoms with Crippen LogP contribution >= 0.6 is 11.8 Å². The molecule has 0 aromatic heterocycles. The van der Waals surface area contributed by atoms with Gasteiger partial charge in [-0.3, -0.25) is 0 Å². The largest absolute Gasteiger partial charge is 0.122 e. The average molecular weight is 266 g/mol. The standard InChI is InChI=1S/C18H18S/c1-2-9-15(10-3-1)19-17-13-18(17)12-6-8-14-7-4-5-11-16(14)18/h1-5,7,9-11,17H,6,8,12-13H2/t17-,18+/m0/s1. The van der Waals surface area contributed by atoms with E-state index in [1.807, 2.05) is 0 Å². The predicted octanol–water partition coefficient (Wildman–Crippen LogP) is 4.83. The van der Waals surface area contributed by atoms with Crippen LogP contribution < -0.4 is 0 Å². The minimum Gasteiger partial charge on any atom is -0.122 e. The first-order valence-corrected chi connectivity index (χ1v) is 8.07. The first-order chi connectivity index (χ1) is 9.38. The summed E-state index contributed by atoms with van der Waals surface area (Å²) < 4.78 is 0. The highest BCUT2D eigenvalue weighted by Gasteiger charge is 2.56. The van der Waals surface area contributed by atoms with Crippen LogP contribution in [0, 0.1) is 0 Å². The maximum absolute atomic E-state index is 2.38. The van der Waals surface area contributed by atoms with Gasteiger partial charge in [0.25, 0.3) is 0 Å². The van der Waals surface area contributed by atoms with Gasteiger partial charge in [-0.1, -0.05) is 42.5 Å². The van der Waals surface area contributed by atoms with E-state index in [1.165, 1.54) is 30.6 Å². The monoisotopic (exact) mass is 266 g/mol. The summed E-state index contributed by atoms with van der Waals surface area (Å²) in [5, 5.41) is 0.788. The van der Waals surface area contributed by atoms with E-state index in [0.29, 0.717) is 5.41 Å². The van der Waals surface area contributed by atoms with Crippen LogP contribution in [0.4, 0.5) is 0 Å². The second kappa shape index (κ2) is 4.42. The smallest absolute Gasteiger partial charge is 0.0201 e. The van der Waals surface area contributed by atoms with Crippen molar-refractivity contribution in [3.05, 3.63) is 65.7 Å². The minimum atomic E-state index is 0.495. The second-order valence-electron chi connectivity index (χ2n) is 5.79. The molecule has 1 fully saturated rings. The van der Waals surface area contributed by atoms with E-state index in [2.05, 4.69) is 66.4 Å². The van der Waals surface area contributed by atoms with E-state index in [9.17, 15) is 0 Å². The van der Waals surface area contributed by atoms with Gasteiger partial charge in [-0.2, -0.15) is 0 Å². The van der Waals surface area contributed by atoms with Gasteiger partial charge in [0.1, 0.15) is 0 Å². The molecule has 0 heterocycles. The third kappa shape index (κ3) is 1.92. The third-order valence-electron chi connectivity index (χ3n) is 4.65. The number of thioether (sulfide) groups is 1. The Hall–Kier alpha value is -1.21. The van der Waals surface area contributed by atoms with Gasteiger partial charge in [-0.15, -0.1) is 11.8 Å². The Morgan fingerprint density at radius 1 is 0.947 bits per heavy atom. The topological polar surface area (TPSA) is 0 Å². The summed E-state index contributed by atoms with van der Waals surface area (Å²) in [4.78, 5) is 1.42. The van der Waals surface area contributed by atoms with E-state index in [-0.39, 0.29) is 0 Å². The number of hydrogen-bond donors (Lipinski definition) is 0. The minimum absolute atomic E-state index is 0.495. The summed E-state index contributed by atoms with van der Waals surface area (Å²) in [6, 6.07) is 20.0. The first kappa shape index (κ1) is 11.6. The van der Waals surface area contributed by atoms with Crippen LogP contribution in [0.3, 0.4) is 0 Å². The summed E-state index contributed by atoms with van der Waals surface area (Å²) >= 11 is 2.08. The van der Waals surface area contributed by atoms with Crippen molar-refractivity contribution in [3.8, 4) is 0 Å². The summed E-state index contributed by atoms with van der Waals surface area (Å²) in [7, 11) is 0. The molecule has 19 heavy (non-hydrogen) atoms. The Kier molecular flexibility index (Phi) is 2.70. The third-order valence-corrected chi connectivity index (χ3v) is 6.10. The molecule has 0 radical (unpaired) electrons. The molecule has 96 valence electrons. The van der Waals surface area contributed by atoms with E-state index < -0.39 is 0 Å². The second-order valence-corrected chi connectivity index (χ2v) is 7.07. The maximum atomic E-state index is 2.38. The zero-order valence-electron chi connectivity index (χ0n) is 11.0. The molecule has 2 aliphatic carbocycles. The van der Waals surface area contributed by atoms with E-state index in [0.717, 1.165) is 5.25 Å². The zero-order chi connectivity index (χ0) is 12.7. The molecule has 0 N–H and O–H groups in total. The van der Waals surface area contributed by atoms with E-state index in [4.69, 9.17) is 0 Å². The lowest BCUT2D eigenvalue weighted by Crippen LogP contribution is -2.19. The van der Waals surface area contributed by atoms with Gasteiger partial charge in [0.2, 0.25) is 0 Å². The van der Waals surface area contributed by atoms with Gasteiger partial charge in [0.15, 0.2) is 0 Å². The molecule has 1 spiro atoms. The maximum Gasteiger partial charge on any atom is 0.0201 e. The molecule has 2 atom stereocenters. The lowest BCUT2D eigenvalue weighted by Gasteiger charge is -2.26. The van der Waals surface area contributed by atoms with Crippen molar-refractivity contribution in [1.82, 2.24) is 0 Å². The fraction of sp³-hybridized carbons (Fsp3) is 0.333. The molecule has 0 saturated heterocycles. The SMILES string of the molecule is c1ccc(S[C@H]2C[C@@]23CCCc2ccccc23)cc1. The van der Waals surface area contributed by atoms with Crippen LogP contribution in [0.2, 0.25) is 0 Å². The highest BCUT2D eigenvalue weighted by Crippen LogP contribution is 2.62. The van der Waals surface area contributed by atoms with Gasteiger partial charge in [-0.25, -0.2) is 0 Å². The highest BCUT2D eigenvalue weighted by atomic mass is 32.2. The van der Waals surface area contributed by atoms with Crippen LogP contribution in [-0.4, -0.2) is 5.25 Å². The van der Waals surface area contributed by atoms with Gasteiger partial charge in [0.05, 0.1) is 0 Å². The summed E-state index contributed by atoms with van der Waals surface area (Å²) in [5.41, 5.74) is 3.75. The van der Waals surface area contributed by atoms with Gasteiger partial charge in [0, 0.05) is 15.6 Å². The summed E-state index contributed by atoms with van der Waals surface area (Å²) in [6.45, 7) is 0. The molecular weight excluding hydrogens is 248 g/mol. The van der Waals surface area contributed by atoms with Crippen LogP contribution in [0.25, 0.3) is 0 Å². The van der Waals surface area contributed by atoms with Crippen LogP contribution in [-0.2, 0) is 11.8 Å². The van der Waals surface area contributed by atoms with Crippen molar-refractivity contribution in [3.63, 3.8) is 0 Å². The Labute approximate surface area is 119 Å². The Morgan fingerprint density at radius 3 is 2.63 bits per heavy atom. The molecule has 0 nitrogen and oxygen atoms in total. The lowest BCUT2D eigenvalue weighted by molar-refractivity contribution is 0.544. The molecular formula is C18H18S. The molecule has 2 aliphatic rings. The number of fused-ring (bicyclic) bond motifs is 2. The molecule has 0 amide bonds.